The van der Waals surface area contributed by atoms with Crippen molar-refractivity contribution < 1.29 is 31.1 Å². The van der Waals surface area contributed by atoms with Crippen LogP contribution in [0.4, 0.5) is 26.3 Å². The fraction of sp³-hybridized carbons (Fsp3) is 0.120. The van der Waals surface area contributed by atoms with Crippen molar-refractivity contribution in [2.75, 3.05) is 0 Å². The van der Waals surface area contributed by atoms with Gasteiger partial charge in [0.15, 0.2) is 0 Å². The summed E-state index contributed by atoms with van der Waals surface area (Å²) in [5.41, 5.74) is -1.34. The summed E-state index contributed by atoms with van der Waals surface area (Å²) in [5.74, 6) is -1.05. The minimum Gasteiger partial charge on any atom is -0.348 e. The average Bonchev–Trinajstić information content (AvgIpc) is 2.81. The van der Waals surface area contributed by atoms with E-state index in [9.17, 15) is 31.1 Å². The summed E-state index contributed by atoms with van der Waals surface area (Å²) in [6.45, 7) is -0.117. The Kier molecular flexibility index (Phi) is 6.03. The number of nitrogens with one attached hydrogen (secondary N) is 1. The molecule has 1 aromatic heterocycles. The number of carbonyl (C=O) groups is 1. The van der Waals surface area contributed by atoms with Gasteiger partial charge in [0.25, 0.3) is 5.91 Å². The minimum absolute atomic E-state index is 0.0156. The summed E-state index contributed by atoms with van der Waals surface area (Å²) in [5, 5.41) is 3.96. The van der Waals surface area contributed by atoms with Gasteiger partial charge in [-0.25, -0.2) is 0 Å². The van der Waals surface area contributed by atoms with Crippen LogP contribution in [0.25, 0.3) is 21.9 Å². The van der Waals surface area contributed by atoms with Gasteiger partial charge in [0.1, 0.15) is 0 Å². The molecule has 0 aliphatic heterocycles. The molecule has 0 radical (unpaired) electrons. The Labute approximate surface area is 190 Å². The van der Waals surface area contributed by atoms with Gasteiger partial charge >= 0.3 is 12.4 Å². The number of nitrogens with zero attached hydrogens (tertiary/aromatic N) is 1. The lowest BCUT2D eigenvalue weighted by Gasteiger charge is -2.15. The maximum absolute atomic E-state index is 13.1. The molecule has 0 atom stereocenters. The number of rotatable bonds is 4. The largest absolute Gasteiger partial charge is 0.416 e. The second-order valence-corrected chi connectivity index (χ2v) is 7.54. The van der Waals surface area contributed by atoms with Gasteiger partial charge in [-0.2, -0.15) is 26.3 Å². The fourth-order valence-electron chi connectivity index (χ4n) is 3.64. The number of benzene rings is 3. The Morgan fingerprint density at radius 3 is 2.06 bits per heavy atom. The van der Waals surface area contributed by atoms with Crippen molar-refractivity contribution >= 4 is 16.7 Å². The Bertz CT molecular complexity index is 1320. The first-order chi connectivity index (χ1) is 16.0. The third-order valence-corrected chi connectivity index (χ3v) is 5.28. The Balaban J connectivity index is 1.65. The van der Waals surface area contributed by atoms with Gasteiger partial charge in [-0.1, -0.05) is 42.5 Å². The van der Waals surface area contributed by atoms with Gasteiger partial charge in [0.2, 0.25) is 0 Å². The molecule has 0 aliphatic carbocycles. The topological polar surface area (TPSA) is 42.0 Å². The number of alkyl halides is 6. The quantitative estimate of drug-likeness (QED) is 0.328. The van der Waals surface area contributed by atoms with E-state index >= 15 is 0 Å². The first-order valence-corrected chi connectivity index (χ1v) is 10.0. The molecule has 0 bridgehead atoms. The van der Waals surface area contributed by atoms with Gasteiger partial charge in [0.05, 0.1) is 11.1 Å². The van der Waals surface area contributed by atoms with Crippen molar-refractivity contribution in [2.24, 2.45) is 0 Å². The highest BCUT2D eigenvalue weighted by molar-refractivity contribution is 5.99. The van der Waals surface area contributed by atoms with E-state index < -0.39 is 35.0 Å². The van der Waals surface area contributed by atoms with E-state index in [1.165, 1.54) is 0 Å². The van der Waals surface area contributed by atoms with Crippen molar-refractivity contribution in [3.8, 4) is 11.1 Å². The molecule has 0 saturated carbocycles. The summed E-state index contributed by atoms with van der Waals surface area (Å²) in [7, 11) is 0. The number of hydrogen-bond donors (Lipinski definition) is 1. The lowest BCUT2D eigenvalue weighted by molar-refractivity contribution is -0.143. The zero-order valence-corrected chi connectivity index (χ0v) is 17.3. The Hall–Kier alpha value is -3.88. The second-order valence-electron chi connectivity index (χ2n) is 7.54. The number of amides is 1. The molecular weight excluding hydrogens is 458 g/mol. The number of pyridine rings is 1. The molecule has 34 heavy (non-hydrogen) atoms. The van der Waals surface area contributed by atoms with Crippen molar-refractivity contribution in [3.63, 3.8) is 0 Å². The van der Waals surface area contributed by atoms with Crippen LogP contribution in [0.15, 0.2) is 79.1 Å². The van der Waals surface area contributed by atoms with Crippen molar-refractivity contribution in [1.29, 1.82) is 0 Å². The van der Waals surface area contributed by atoms with E-state index in [0.717, 1.165) is 16.5 Å². The third-order valence-electron chi connectivity index (χ3n) is 5.28. The zero-order valence-electron chi connectivity index (χ0n) is 17.3. The number of hydrogen-bond acceptors (Lipinski definition) is 2. The van der Waals surface area contributed by atoms with E-state index in [0.29, 0.717) is 23.1 Å². The van der Waals surface area contributed by atoms with E-state index in [1.807, 2.05) is 36.4 Å². The summed E-state index contributed by atoms with van der Waals surface area (Å²) >= 11 is 0. The average molecular weight is 474 g/mol. The molecule has 0 spiro atoms. The highest BCUT2D eigenvalue weighted by Gasteiger charge is 2.37. The van der Waals surface area contributed by atoms with Gasteiger partial charge in [-0.3, -0.25) is 9.78 Å². The van der Waals surface area contributed by atoms with Crippen LogP contribution in [-0.4, -0.2) is 10.9 Å². The van der Waals surface area contributed by atoms with Crippen LogP contribution in [0.2, 0.25) is 0 Å². The summed E-state index contributed by atoms with van der Waals surface area (Å²) in [6, 6.07) is 15.7. The van der Waals surface area contributed by atoms with Crippen LogP contribution < -0.4 is 5.32 Å². The van der Waals surface area contributed by atoms with Crippen LogP contribution in [0, 0.1) is 0 Å². The maximum atomic E-state index is 13.1. The molecule has 0 fully saturated rings. The molecule has 0 aliphatic rings. The monoisotopic (exact) mass is 474 g/mol. The molecule has 1 amide bonds. The van der Waals surface area contributed by atoms with E-state index in [4.69, 9.17) is 0 Å². The van der Waals surface area contributed by atoms with E-state index in [-0.39, 0.29) is 12.6 Å². The van der Waals surface area contributed by atoms with E-state index in [2.05, 4.69) is 10.3 Å². The number of fused-ring (bicyclic) bond motifs is 1. The Morgan fingerprint density at radius 2 is 1.44 bits per heavy atom. The van der Waals surface area contributed by atoms with Crippen LogP contribution in [-0.2, 0) is 18.9 Å². The normalized spacial score (nSPS) is 12.1. The third kappa shape index (κ3) is 4.88. The zero-order chi connectivity index (χ0) is 24.5. The summed E-state index contributed by atoms with van der Waals surface area (Å²) < 4.78 is 78.6. The maximum Gasteiger partial charge on any atom is 0.416 e. The first kappa shape index (κ1) is 23.3. The smallest absolute Gasteiger partial charge is 0.348 e. The molecule has 174 valence electrons. The SMILES string of the molecule is O=C(NCc1ccc(-c2ccccc2)c2ccncc12)c1cc(C(F)(F)F)cc(C(F)(F)F)c1. The summed E-state index contributed by atoms with van der Waals surface area (Å²) in [6.07, 6.45) is -6.87. The molecule has 3 nitrogen and oxygen atoms in total. The molecule has 4 aromatic rings. The molecule has 0 saturated heterocycles. The van der Waals surface area contributed by atoms with Crippen LogP contribution in [0.1, 0.15) is 27.0 Å². The first-order valence-electron chi connectivity index (χ1n) is 10.0. The van der Waals surface area contributed by atoms with Crippen molar-refractivity contribution in [3.05, 3.63) is 101 Å². The fourth-order valence-corrected chi connectivity index (χ4v) is 3.64. The second kappa shape index (κ2) is 8.81. The summed E-state index contributed by atoms with van der Waals surface area (Å²) in [4.78, 5) is 16.6. The van der Waals surface area contributed by atoms with Crippen LogP contribution in [0.3, 0.4) is 0 Å². The van der Waals surface area contributed by atoms with E-state index in [1.54, 1.807) is 24.5 Å². The van der Waals surface area contributed by atoms with Gasteiger partial charge in [-0.05, 0) is 46.3 Å². The molecule has 0 unspecified atom stereocenters. The van der Waals surface area contributed by atoms with Crippen LogP contribution >= 0.6 is 0 Å². The number of halogens is 6. The standard InChI is InChI=1S/C25H16F6N2O/c26-24(27,28)18-10-17(11-19(12-18)25(29,30)31)23(34)33-13-16-6-7-20(15-4-2-1-3-5-15)21-8-9-32-14-22(16)21/h1-12,14H,13H2,(H,33,34). The number of carbonyl (C=O) groups excluding carboxylic acids is 1. The lowest BCUT2D eigenvalue weighted by Crippen LogP contribution is -2.24. The molecule has 1 heterocycles. The van der Waals surface area contributed by atoms with Gasteiger partial charge < -0.3 is 5.32 Å². The highest BCUT2D eigenvalue weighted by Crippen LogP contribution is 2.36. The van der Waals surface area contributed by atoms with Crippen molar-refractivity contribution in [1.82, 2.24) is 10.3 Å². The Morgan fingerprint density at radius 1 is 0.794 bits per heavy atom. The predicted octanol–water partition coefficient (Wildman–Crippen LogP) is 6.87. The molecule has 3 aromatic carbocycles. The van der Waals surface area contributed by atoms with Gasteiger partial charge in [-0.15, -0.1) is 0 Å². The molecule has 1 N–H and O–H groups in total. The minimum atomic E-state index is -5.04. The predicted molar refractivity (Wildman–Crippen MR) is 115 cm³/mol. The molecule has 9 heteroatoms. The number of aromatic nitrogens is 1. The molecular formula is C25H16F6N2O. The van der Waals surface area contributed by atoms with Crippen LogP contribution in [0.5, 0.6) is 0 Å². The van der Waals surface area contributed by atoms with Crippen molar-refractivity contribution in [2.45, 2.75) is 18.9 Å². The van der Waals surface area contributed by atoms with Gasteiger partial charge in [0, 0.05) is 29.9 Å². The molecule has 4 rings (SSSR count). The highest BCUT2D eigenvalue weighted by atomic mass is 19.4. The lowest BCUT2D eigenvalue weighted by atomic mass is 9.96.